The van der Waals surface area contributed by atoms with Crippen LogP contribution in [0.3, 0.4) is 0 Å². The molecule has 0 aliphatic carbocycles. The Morgan fingerprint density at radius 1 is 1.13 bits per heavy atom. The van der Waals surface area contributed by atoms with E-state index in [1.807, 2.05) is 24.3 Å². The molecule has 1 amide bonds. The highest BCUT2D eigenvalue weighted by molar-refractivity contribution is 5.99. The van der Waals surface area contributed by atoms with E-state index in [0.29, 0.717) is 24.7 Å². The number of amides is 1. The van der Waals surface area contributed by atoms with Crippen molar-refractivity contribution in [2.75, 3.05) is 17.2 Å². The van der Waals surface area contributed by atoms with E-state index in [2.05, 4.69) is 30.8 Å². The van der Waals surface area contributed by atoms with Crippen molar-refractivity contribution in [1.82, 2.24) is 29.5 Å². The summed E-state index contributed by atoms with van der Waals surface area (Å²) in [5.41, 5.74) is 3.18. The number of anilines is 3. The number of aliphatic hydroxyl groups excluding tert-OH is 1. The fourth-order valence-electron chi connectivity index (χ4n) is 3.03. The van der Waals surface area contributed by atoms with Gasteiger partial charge >= 0.3 is 0 Å². The van der Waals surface area contributed by atoms with Gasteiger partial charge in [-0.25, -0.2) is 9.67 Å². The first-order valence-electron chi connectivity index (χ1n) is 9.76. The van der Waals surface area contributed by atoms with E-state index in [-0.39, 0.29) is 12.5 Å². The third-order valence-electron chi connectivity index (χ3n) is 4.47. The van der Waals surface area contributed by atoms with E-state index in [0.717, 1.165) is 22.3 Å². The van der Waals surface area contributed by atoms with Crippen molar-refractivity contribution >= 4 is 34.3 Å². The summed E-state index contributed by atoms with van der Waals surface area (Å²) in [5.74, 6) is 0.270. The van der Waals surface area contributed by atoms with Crippen molar-refractivity contribution in [2.24, 2.45) is 0 Å². The fraction of sp³-hybridized carbons (Fsp3) is 0.190. The van der Waals surface area contributed by atoms with E-state index < -0.39 is 0 Å². The lowest BCUT2D eigenvalue weighted by Gasteiger charge is -2.07. The summed E-state index contributed by atoms with van der Waals surface area (Å²) in [5, 5.41) is 24.3. The maximum absolute atomic E-state index is 11.6. The normalized spacial score (nSPS) is 11.3. The van der Waals surface area contributed by atoms with Gasteiger partial charge in [-0.3, -0.25) is 9.48 Å². The SMILES string of the molecule is CC=CC(=O)Nc1ccc(Cn2ncc3cnc(Nc4cnn(CCO)c4)nc32)cc1. The Balaban J connectivity index is 1.49. The number of benzene rings is 1. The second kappa shape index (κ2) is 9.18. The minimum absolute atomic E-state index is 0.0197. The molecule has 0 bridgehead atoms. The molecule has 0 saturated heterocycles. The third kappa shape index (κ3) is 4.93. The monoisotopic (exact) mass is 418 g/mol. The van der Waals surface area contributed by atoms with Gasteiger partial charge in [0.25, 0.3) is 0 Å². The second-order valence-corrected chi connectivity index (χ2v) is 6.80. The molecule has 3 heterocycles. The van der Waals surface area contributed by atoms with E-state index >= 15 is 0 Å². The van der Waals surface area contributed by atoms with Crippen LogP contribution < -0.4 is 10.6 Å². The van der Waals surface area contributed by atoms with Crippen LogP contribution in [-0.4, -0.2) is 47.1 Å². The Morgan fingerprint density at radius 2 is 1.97 bits per heavy atom. The largest absolute Gasteiger partial charge is 0.394 e. The third-order valence-corrected chi connectivity index (χ3v) is 4.47. The van der Waals surface area contributed by atoms with E-state index in [4.69, 9.17) is 5.11 Å². The second-order valence-electron chi connectivity index (χ2n) is 6.80. The molecular formula is C21H22N8O2. The number of nitrogens with one attached hydrogen (secondary N) is 2. The number of hydrogen-bond acceptors (Lipinski definition) is 7. The van der Waals surface area contributed by atoms with Gasteiger partial charge in [-0.05, 0) is 30.7 Å². The van der Waals surface area contributed by atoms with E-state index in [9.17, 15) is 4.79 Å². The minimum atomic E-state index is -0.160. The van der Waals surface area contributed by atoms with Crippen molar-refractivity contribution in [3.05, 3.63) is 66.8 Å². The molecule has 0 unspecified atom stereocenters. The molecule has 4 aromatic rings. The zero-order chi connectivity index (χ0) is 21.6. The smallest absolute Gasteiger partial charge is 0.248 e. The lowest BCUT2D eigenvalue weighted by molar-refractivity contribution is -0.111. The van der Waals surface area contributed by atoms with E-state index in [1.165, 1.54) is 6.08 Å². The molecule has 0 radical (unpaired) electrons. The van der Waals surface area contributed by atoms with Crippen LogP contribution in [0.2, 0.25) is 0 Å². The van der Waals surface area contributed by atoms with Crippen molar-refractivity contribution < 1.29 is 9.90 Å². The van der Waals surface area contributed by atoms with Gasteiger partial charge in [-0.1, -0.05) is 18.2 Å². The topological polar surface area (TPSA) is 123 Å². The highest BCUT2D eigenvalue weighted by Gasteiger charge is 2.09. The predicted molar refractivity (Wildman–Crippen MR) is 117 cm³/mol. The van der Waals surface area contributed by atoms with Crippen LogP contribution in [-0.2, 0) is 17.9 Å². The van der Waals surface area contributed by atoms with Gasteiger partial charge in [0.1, 0.15) is 0 Å². The highest BCUT2D eigenvalue weighted by Crippen LogP contribution is 2.18. The molecule has 0 atom stereocenters. The maximum Gasteiger partial charge on any atom is 0.248 e. The first-order chi connectivity index (χ1) is 15.1. The number of aromatic nitrogens is 6. The summed E-state index contributed by atoms with van der Waals surface area (Å²) >= 11 is 0. The van der Waals surface area contributed by atoms with Gasteiger partial charge in [0.2, 0.25) is 11.9 Å². The Kier molecular flexibility index (Phi) is 5.99. The molecule has 0 spiro atoms. The van der Waals surface area contributed by atoms with Gasteiger partial charge < -0.3 is 15.7 Å². The van der Waals surface area contributed by atoms with Crippen molar-refractivity contribution in [2.45, 2.75) is 20.0 Å². The quantitative estimate of drug-likeness (QED) is 0.375. The van der Waals surface area contributed by atoms with Crippen LogP contribution in [0, 0.1) is 0 Å². The van der Waals surface area contributed by atoms with Crippen molar-refractivity contribution in [1.29, 1.82) is 0 Å². The lowest BCUT2D eigenvalue weighted by atomic mass is 10.2. The minimum Gasteiger partial charge on any atom is -0.394 e. The number of nitrogens with zero attached hydrogens (tertiary/aromatic N) is 6. The number of hydrogen-bond donors (Lipinski definition) is 3. The molecule has 0 fully saturated rings. The Bertz CT molecular complexity index is 1210. The maximum atomic E-state index is 11.6. The number of carbonyl (C=O) groups excluding carboxylic acids is 1. The Morgan fingerprint density at radius 3 is 2.74 bits per heavy atom. The van der Waals surface area contributed by atoms with Gasteiger partial charge in [0.05, 0.1) is 43.2 Å². The number of aliphatic hydroxyl groups is 1. The van der Waals surface area contributed by atoms with Crippen LogP contribution in [0.25, 0.3) is 11.0 Å². The van der Waals surface area contributed by atoms with Crippen LogP contribution in [0.4, 0.5) is 17.3 Å². The summed E-state index contributed by atoms with van der Waals surface area (Å²) in [4.78, 5) is 20.6. The van der Waals surface area contributed by atoms with Crippen LogP contribution >= 0.6 is 0 Å². The molecule has 4 rings (SSSR count). The standard InChI is InChI=1S/C21H22N8O2/c1-2-3-19(31)25-17-6-4-15(5-7-17)13-29-20-16(11-24-29)10-22-21(27-20)26-18-12-23-28(14-18)8-9-30/h2-7,10-12,14,30H,8-9,13H2,1H3,(H,25,31)(H,22,26,27). The summed E-state index contributed by atoms with van der Waals surface area (Å²) in [6, 6.07) is 7.59. The molecule has 10 heteroatoms. The van der Waals surface area contributed by atoms with Gasteiger partial charge in [0.15, 0.2) is 5.65 Å². The van der Waals surface area contributed by atoms with Crippen LogP contribution in [0.1, 0.15) is 12.5 Å². The molecule has 0 saturated carbocycles. The molecule has 31 heavy (non-hydrogen) atoms. The summed E-state index contributed by atoms with van der Waals surface area (Å²) < 4.78 is 3.43. The first-order valence-corrected chi connectivity index (χ1v) is 9.76. The molecule has 158 valence electrons. The number of rotatable bonds is 8. The van der Waals surface area contributed by atoms with Crippen LogP contribution in [0.5, 0.6) is 0 Å². The van der Waals surface area contributed by atoms with Gasteiger partial charge in [0, 0.05) is 18.1 Å². The predicted octanol–water partition coefficient (Wildman–Crippen LogP) is 2.32. The fourth-order valence-corrected chi connectivity index (χ4v) is 3.03. The Labute approximate surface area is 178 Å². The zero-order valence-corrected chi connectivity index (χ0v) is 16.9. The van der Waals surface area contributed by atoms with Crippen molar-refractivity contribution in [3.8, 4) is 0 Å². The molecule has 0 aliphatic heterocycles. The molecule has 3 N–H and O–H groups in total. The summed E-state index contributed by atoms with van der Waals surface area (Å²) in [6.45, 7) is 2.77. The lowest BCUT2D eigenvalue weighted by Crippen LogP contribution is -2.08. The van der Waals surface area contributed by atoms with Gasteiger partial charge in [-0.15, -0.1) is 0 Å². The highest BCUT2D eigenvalue weighted by atomic mass is 16.3. The molecule has 10 nitrogen and oxygen atoms in total. The summed E-state index contributed by atoms with van der Waals surface area (Å²) in [6.07, 6.45) is 10.0. The first kappa shape index (κ1) is 20.2. The number of carbonyl (C=O) groups is 1. The Hall–Kier alpha value is -4.05. The molecule has 0 aliphatic rings. The number of allylic oxidation sites excluding steroid dienone is 1. The zero-order valence-electron chi connectivity index (χ0n) is 16.9. The summed E-state index contributed by atoms with van der Waals surface area (Å²) in [7, 11) is 0. The van der Waals surface area contributed by atoms with E-state index in [1.54, 1.807) is 47.2 Å². The van der Waals surface area contributed by atoms with Crippen molar-refractivity contribution in [3.63, 3.8) is 0 Å². The number of fused-ring (bicyclic) bond motifs is 1. The molecule has 1 aromatic carbocycles. The van der Waals surface area contributed by atoms with Crippen LogP contribution in [0.15, 0.2) is 61.2 Å². The average Bonchev–Trinajstić information content (AvgIpc) is 3.37. The molecular weight excluding hydrogens is 396 g/mol. The molecule has 3 aromatic heterocycles. The average molecular weight is 418 g/mol. The van der Waals surface area contributed by atoms with Gasteiger partial charge in [-0.2, -0.15) is 15.2 Å².